The molecule has 1 saturated heterocycles. The van der Waals surface area contributed by atoms with Gasteiger partial charge in [0.1, 0.15) is 11.6 Å². The molecule has 0 radical (unpaired) electrons. The Morgan fingerprint density at radius 3 is 2.50 bits per heavy atom. The van der Waals surface area contributed by atoms with Crippen molar-refractivity contribution >= 4 is 39.8 Å². The number of amides is 1. The Kier molecular flexibility index (Phi) is 7.64. The minimum Gasteiger partial charge on any atom is -0.389 e. The molecule has 40 heavy (non-hydrogen) atoms. The molecule has 208 valence electrons. The molecule has 3 aromatic carbocycles. The van der Waals surface area contributed by atoms with E-state index in [0.29, 0.717) is 43.9 Å². The number of nitrogens with zero attached hydrogens (tertiary/aromatic N) is 4. The number of anilines is 4. The number of aliphatic hydroxyl groups is 1. The number of halogens is 2. The number of carbonyl (C=O) groups excluding carboxylic acids is 1. The quantitative estimate of drug-likeness (QED) is 0.295. The Morgan fingerprint density at radius 2 is 1.77 bits per heavy atom. The number of hydrogen-bond acceptors (Lipinski definition) is 7. The van der Waals surface area contributed by atoms with Crippen LogP contribution in [-0.2, 0) is 4.79 Å². The number of β-amino-alcohol motifs (C(OH)–C–C–N with tert-alkyl or cyclic N) is 1. The van der Waals surface area contributed by atoms with E-state index in [1.807, 2.05) is 41.3 Å². The van der Waals surface area contributed by atoms with Crippen molar-refractivity contribution in [2.75, 3.05) is 48.3 Å². The van der Waals surface area contributed by atoms with Crippen LogP contribution >= 0.6 is 0 Å². The Bertz CT molecular complexity index is 1550. The molecular formula is C30H32F2N6O2. The minimum absolute atomic E-state index is 0.0635. The summed E-state index contributed by atoms with van der Waals surface area (Å²) < 4.78 is 30.4. The first-order valence-electron chi connectivity index (χ1n) is 13.2. The second kappa shape index (κ2) is 11.1. The van der Waals surface area contributed by atoms with Gasteiger partial charge in [-0.25, -0.2) is 18.7 Å². The zero-order chi connectivity index (χ0) is 28.4. The second-order valence-electron chi connectivity index (χ2n) is 10.7. The maximum atomic E-state index is 15.2. The van der Waals surface area contributed by atoms with Crippen LogP contribution in [0.5, 0.6) is 0 Å². The molecule has 0 unspecified atom stereocenters. The Labute approximate surface area is 231 Å². The summed E-state index contributed by atoms with van der Waals surface area (Å²) in [4.78, 5) is 24.4. The Hall–Kier alpha value is -4.15. The Morgan fingerprint density at radius 1 is 1.02 bits per heavy atom. The summed E-state index contributed by atoms with van der Waals surface area (Å²) in [5.41, 5.74) is 2.26. The molecule has 4 aromatic rings. The number of fused-ring (bicyclic) bond motifs is 1. The van der Waals surface area contributed by atoms with Crippen molar-refractivity contribution < 1.29 is 18.7 Å². The van der Waals surface area contributed by atoms with Crippen LogP contribution in [0.15, 0.2) is 60.8 Å². The van der Waals surface area contributed by atoms with E-state index in [-0.39, 0.29) is 23.2 Å². The van der Waals surface area contributed by atoms with E-state index < -0.39 is 17.2 Å². The van der Waals surface area contributed by atoms with Crippen molar-refractivity contribution in [1.29, 1.82) is 0 Å². The summed E-state index contributed by atoms with van der Waals surface area (Å²) in [5.74, 6) is -1.20. The molecule has 0 bridgehead atoms. The molecule has 1 aliphatic rings. The highest BCUT2D eigenvalue weighted by atomic mass is 19.1. The number of nitrogens with one attached hydrogen (secondary N) is 2. The van der Waals surface area contributed by atoms with E-state index in [1.54, 1.807) is 26.1 Å². The molecule has 10 heteroatoms. The number of rotatable bonds is 7. The average molecular weight is 547 g/mol. The lowest BCUT2D eigenvalue weighted by molar-refractivity contribution is -0.114. The van der Waals surface area contributed by atoms with Crippen LogP contribution in [-0.4, -0.2) is 64.2 Å². The molecule has 1 aromatic heterocycles. The summed E-state index contributed by atoms with van der Waals surface area (Å²) in [7, 11) is 0. The lowest BCUT2D eigenvalue weighted by Gasteiger charge is -2.38. The normalized spacial score (nSPS) is 14.4. The highest BCUT2D eigenvalue weighted by molar-refractivity contribution is 5.95. The first-order valence-corrected chi connectivity index (χ1v) is 13.2. The molecule has 1 aliphatic heterocycles. The van der Waals surface area contributed by atoms with Crippen LogP contribution < -0.4 is 15.5 Å². The van der Waals surface area contributed by atoms with E-state index in [9.17, 15) is 9.90 Å². The predicted molar refractivity (Wildman–Crippen MR) is 154 cm³/mol. The maximum Gasteiger partial charge on any atom is 0.227 e. The van der Waals surface area contributed by atoms with Gasteiger partial charge in [-0.05, 0) is 31.5 Å². The SMILES string of the molecule is CC(=O)Nc1cccc(-c2cccc3cnc(Nc4cc(F)c(N5CCN(CC(C)(C)O)CC5)cc4F)nc23)c1. The van der Waals surface area contributed by atoms with Gasteiger partial charge in [0.05, 0.1) is 22.5 Å². The van der Waals surface area contributed by atoms with Gasteiger partial charge in [0.15, 0.2) is 0 Å². The monoisotopic (exact) mass is 546 g/mol. The number of piperazine rings is 1. The molecule has 8 nitrogen and oxygen atoms in total. The fraction of sp³-hybridized carbons (Fsp3) is 0.300. The Balaban J connectivity index is 1.37. The van der Waals surface area contributed by atoms with Crippen LogP contribution in [0.1, 0.15) is 20.8 Å². The molecule has 3 N–H and O–H groups in total. The maximum absolute atomic E-state index is 15.2. The van der Waals surface area contributed by atoms with Crippen LogP contribution in [0.25, 0.3) is 22.0 Å². The van der Waals surface area contributed by atoms with Crippen LogP contribution in [0, 0.1) is 11.6 Å². The number of carbonyl (C=O) groups is 1. The van der Waals surface area contributed by atoms with E-state index in [0.717, 1.165) is 22.6 Å². The molecule has 5 rings (SSSR count). The van der Waals surface area contributed by atoms with E-state index in [2.05, 4.69) is 25.5 Å². The van der Waals surface area contributed by atoms with Gasteiger partial charge < -0.3 is 20.6 Å². The second-order valence-corrected chi connectivity index (χ2v) is 10.7. The van der Waals surface area contributed by atoms with Gasteiger partial charge in [-0.2, -0.15) is 0 Å². The molecule has 0 aliphatic carbocycles. The van der Waals surface area contributed by atoms with Gasteiger partial charge in [-0.1, -0.05) is 30.3 Å². The molecule has 2 heterocycles. The van der Waals surface area contributed by atoms with Crippen LogP contribution in [0.3, 0.4) is 0 Å². The molecule has 0 saturated carbocycles. The summed E-state index contributed by atoms with van der Waals surface area (Å²) in [6.07, 6.45) is 1.63. The standard InChI is InChI=1S/C30H32F2N6O2/c1-19(39)34-22-8-4-6-20(14-22)23-9-5-7-21-17-33-29(36-28(21)23)35-26-15-25(32)27(16-24(26)31)38-12-10-37(11-13-38)18-30(2,3)40/h4-9,14-17,40H,10-13,18H2,1-3H3,(H,34,39)(H,33,35,36). The topological polar surface area (TPSA) is 93.6 Å². The average Bonchev–Trinajstić information content (AvgIpc) is 2.89. The van der Waals surface area contributed by atoms with Crippen molar-refractivity contribution in [3.05, 3.63) is 72.4 Å². The fourth-order valence-corrected chi connectivity index (χ4v) is 5.01. The number of hydrogen-bond donors (Lipinski definition) is 3. The lowest BCUT2D eigenvalue weighted by atomic mass is 10.0. The first-order chi connectivity index (χ1) is 19.1. The third-order valence-corrected chi connectivity index (χ3v) is 6.71. The number of benzene rings is 3. The molecule has 1 amide bonds. The summed E-state index contributed by atoms with van der Waals surface area (Å²) in [5, 5.41) is 16.5. The van der Waals surface area contributed by atoms with Gasteiger partial charge in [0, 0.05) is 74.6 Å². The van der Waals surface area contributed by atoms with Gasteiger partial charge in [0.2, 0.25) is 11.9 Å². The van der Waals surface area contributed by atoms with Crippen LogP contribution in [0.4, 0.5) is 31.8 Å². The number of para-hydroxylation sites is 1. The fourth-order valence-electron chi connectivity index (χ4n) is 5.01. The highest BCUT2D eigenvalue weighted by Crippen LogP contribution is 2.32. The largest absolute Gasteiger partial charge is 0.389 e. The summed E-state index contributed by atoms with van der Waals surface area (Å²) in [6, 6.07) is 15.4. The van der Waals surface area contributed by atoms with Crippen LogP contribution in [0.2, 0.25) is 0 Å². The summed E-state index contributed by atoms with van der Waals surface area (Å²) in [6.45, 7) is 7.83. The smallest absolute Gasteiger partial charge is 0.227 e. The number of aromatic nitrogens is 2. The van der Waals surface area contributed by atoms with Crippen molar-refractivity contribution in [3.63, 3.8) is 0 Å². The molecule has 0 atom stereocenters. The molecule has 1 fully saturated rings. The summed E-state index contributed by atoms with van der Waals surface area (Å²) >= 11 is 0. The van der Waals surface area contributed by atoms with Crippen molar-refractivity contribution in [2.45, 2.75) is 26.4 Å². The van der Waals surface area contributed by atoms with Gasteiger partial charge in [-0.3, -0.25) is 9.69 Å². The zero-order valence-electron chi connectivity index (χ0n) is 22.7. The zero-order valence-corrected chi connectivity index (χ0v) is 22.7. The third-order valence-electron chi connectivity index (χ3n) is 6.71. The lowest BCUT2D eigenvalue weighted by Crippen LogP contribution is -2.50. The van der Waals surface area contributed by atoms with Gasteiger partial charge in [-0.15, -0.1) is 0 Å². The molecule has 0 spiro atoms. The molecular weight excluding hydrogens is 514 g/mol. The predicted octanol–water partition coefficient (Wildman–Crippen LogP) is 5.17. The van der Waals surface area contributed by atoms with Crippen molar-refractivity contribution in [1.82, 2.24) is 14.9 Å². The van der Waals surface area contributed by atoms with E-state index >= 15 is 8.78 Å². The first kappa shape index (κ1) is 27.4. The van der Waals surface area contributed by atoms with Crippen molar-refractivity contribution in [2.24, 2.45) is 0 Å². The highest BCUT2D eigenvalue weighted by Gasteiger charge is 2.25. The van der Waals surface area contributed by atoms with E-state index in [1.165, 1.54) is 13.0 Å². The van der Waals surface area contributed by atoms with Gasteiger partial charge >= 0.3 is 0 Å². The third kappa shape index (κ3) is 6.35. The van der Waals surface area contributed by atoms with E-state index in [4.69, 9.17) is 0 Å². The van der Waals surface area contributed by atoms with Gasteiger partial charge in [0.25, 0.3) is 0 Å². The minimum atomic E-state index is -0.810. The van der Waals surface area contributed by atoms with Crippen molar-refractivity contribution in [3.8, 4) is 11.1 Å².